The van der Waals surface area contributed by atoms with Gasteiger partial charge >= 0.3 is 0 Å². The van der Waals surface area contributed by atoms with E-state index in [0.717, 1.165) is 5.52 Å². The molecule has 0 aliphatic carbocycles. The van der Waals surface area contributed by atoms with E-state index in [-0.39, 0.29) is 0 Å². The number of aromatic nitrogens is 2. The zero-order valence-electron chi connectivity index (χ0n) is 8.92. The summed E-state index contributed by atoms with van der Waals surface area (Å²) in [5.74, 6) is 0. The minimum Gasteiger partial charge on any atom is -0.137 e. The minimum absolute atomic E-state index is 1.02. The first-order valence-corrected chi connectivity index (χ1v) is 6.24. The molecule has 0 saturated heterocycles. The van der Waals surface area contributed by atoms with E-state index >= 15 is 0 Å². The van der Waals surface area contributed by atoms with Gasteiger partial charge in [0.15, 0.2) is 0 Å². The largest absolute Gasteiger partial charge is 0.137 e. The van der Waals surface area contributed by atoms with Crippen LogP contribution in [0.3, 0.4) is 0 Å². The third-order valence-corrected chi connectivity index (χ3v) is 3.89. The van der Waals surface area contributed by atoms with Gasteiger partial charge < -0.3 is 0 Å². The number of hydrogen-bond acceptors (Lipinski definition) is 3. The average molecular weight is 236 g/mol. The Hall–Kier alpha value is -2.00. The van der Waals surface area contributed by atoms with Crippen LogP contribution in [-0.4, -0.2) is 9.59 Å². The summed E-state index contributed by atoms with van der Waals surface area (Å²) in [6.07, 6.45) is 0. The minimum atomic E-state index is 1.02. The van der Waals surface area contributed by atoms with Gasteiger partial charge in [0.05, 0.1) is 4.70 Å². The lowest BCUT2D eigenvalue weighted by Crippen LogP contribution is -1.80. The monoisotopic (exact) mass is 236 g/mol. The fraction of sp³-hybridized carbons (Fsp3) is 0. The fourth-order valence-electron chi connectivity index (χ4n) is 2.38. The molecule has 1 aromatic heterocycles. The lowest BCUT2D eigenvalue weighted by atomic mass is 10.0. The maximum absolute atomic E-state index is 4.27. The average Bonchev–Trinajstić information content (AvgIpc) is 2.89. The van der Waals surface area contributed by atoms with Crippen molar-refractivity contribution in [1.82, 2.24) is 9.59 Å². The predicted molar refractivity (Wildman–Crippen MR) is 72.4 cm³/mol. The van der Waals surface area contributed by atoms with E-state index in [2.05, 4.69) is 58.1 Å². The second-order valence-electron chi connectivity index (χ2n) is 4.04. The first-order valence-electron chi connectivity index (χ1n) is 5.47. The Morgan fingerprint density at radius 2 is 1.29 bits per heavy atom. The molecule has 1 heterocycles. The molecule has 0 unspecified atom stereocenters. The molecule has 3 heteroatoms. The maximum atomic E-state index is 4.27. The molecule has 0 N–H and O–H groups in total. The molecule has 4 rings (SSSR count). The van der Waals surface area contributed by atoms with Crippen LogP contribution in [0, 0.1) is 0 Å². The number of benzene rings is 3. The van der Waals surface area contributed by atoms with Gasteiger partial charge in [0.1, 0.15) is 5.52 Å². The van der Waals surface area contributed by atoms with Crippen LogP contribution in [0.1, 0.15) is 0 Å². The van der Waals surface area contributed by atoms with Crippen molar-refractivity contribution in [3.05, 3.63) is 48.5 Å². The molecule has 0 aliphatic heterocycles. The molecule has 4 aromatic rings. The van der Waals surface area contributed by atoms with Crippen LogP contribution in [0.2, 0.25) is 0 Å². The van der Waals surface area contributed by atoms with Crippen molar-refractivity contribution in [2.75, 3.05) is 0 Å². The van der Waals surface area contributed by atoms with Gasteiger partial charge in [-0.15, -0.1) is 5.10 Å². The Morgan fingerprint density at radius 3 is 2.06 bits per heavy atom. The van der Waals surface area contributed by atoms with Crippen LogP contribution < -0.4 is 0 Å². The van der Waals surface area contributed by atoms with Crippen molar-refractivity contribution in [2.24, 2.45) is 0 Å². The Labute approximate surface area is 102 Å². The van der Waals surface area contributed by atoms with E-state index in [9.17, 15) is 0 Å². The Balaban J connectivity index is 2.48. The van der Waals surface area contributed by atoms with Crippen molar-refractivity contribution in [3.63, 3.8) is 0 Å². The summed E-state index contributed by atoms with van der Waals surface area (Å²) in [7, 11) is 0. The molecule has 0 atom stereocenters. The molecule has 0 aliphatic rings. The highest BCUT2D eigenvalue weighted by atomic mass is 32.1. The molecule has 2 nitrogen and oxygen atoms in total. The van der Waals surface area contributed by atoms with Gasteiger partial charge in [-0.1, -0.05) is 53.0 Å². The molecule has 0 bridgehead atoms. The number of rotatable bonds is 0. The van der Waals surface area contributed by atoms with Gasteiger partial charge in [0.25, 0.3) is 0 Å². The summed E-state index contributed by atoms with van der Waals surface area (Å²) >= 11 is 1.47. The summed E-state index contributed by atoms with van der Waals surface area (Å²) in [6.45, 7) is 0. The molecular formula is C14H8N2S. The number of fused-ring (bicyclic) bond motifs is 6. The van der Waals surface area contributed by atoms with Gasteiger partial charge in [-0.3, -0.25) is 0 Å². The highest BCUT2D eigenvalue weighted by Gasteiger charge is 2.10. The molecule has 0 saturated carbocycles. The molecule has 0 amide bonds. The Kier molecular flexibility index (Phi) is 1.73. The second kappa shape index (κ2) is 3.25. The third-order valence-electron chi connectivity index (χ3n) is 3.13. The summed E-state index contributed by atoms with van der Waals surface area (Å²) in [5.41, 5.74) is 1.02. The maximum Gasteiger partial charge on any atom is 0.114 e. The van der Waals surface area contributed by atoms with Gasteiger partial charge in [-0.2, -0.15) is 0 Å². The van der Waals surface area contributed by atoms with Crippen LogP contribution in [-0.2, 0) is 0 Å². The van der Waals surface area contributed by atoms with Crippen LogP contribution in [0.15, 0.2) is 48.5 Å². The van der Waals surface area contributed by atoms with Crippen LogP contribution in [0.4, 0.5) is 0 Å². The summed E-state index contributed by atoms with van der Waals surface area (Å²) in [6, 6.07) is 16.8. The summed E-state index contributed by atoms with van der Waals surface area (Å²) < 4.78 is 5.27. The van der Waals surface area contributed by atoms with Crippen molar-refractivity contribution >= 4 is 43.3 Å². The van der Waals surface area contributed by atoms with Crippen LogP contribution in [0.25, 0.3) is 31.8 Å². The second-order valence-corrected chi connectivity index (χ2v) is 4.80. The molecule has 0 fully saturated rings. The Morgan fingerprint density at radius 1 is 0.706 bits per heavy atom. The van der Waals surface area contributed by atoms with Crippen LogP contribution in [0.5, 0.6) is 0 Å². The lowest BCUT2D eigenvalue weighted by Gasteiger charge is -2.04. The van der Waals surface area contributed by atoms with Crippen molar-refractivity contribution in [3.8, 4) is 0 Å². The standard InChI is InChI=1S/C14H8N2S/c1-3-7-11-9(5-1)10-6-2-4-8-12(10)14-13(11)15-16-17-14/h1-8H. The third kappa shape index (κ3) is 1.14. The predicted octanol–water partition coefficient (Wildman–Crippen LogP) is 4.00. The first-order chi connectivity index (χ1) is 8.45. The highest BCUT2D eigenvalue weighted by molar-refractivity contribution is 7.14. The number of nitrogens with zero attached hydrogens (tertiary/aromatic N) is 2. The van der Waals surface area contributed by atoms with Gasteiger partial charge in [-0.25, -0.2) is 0 Å². The van der Waals surface area contributed by atoms with E-state index in [1.807, 2.05) is 0 Å². The van der Waals surface area contributed by atoms with Gasteiger partial charge in [0, 0.05) is 10.8 Å². The smallest absolute Gasteiger partial charge is 0.114 e. The zero-order chi connectivity index (χ0) is 11.2. The fourth-order valence-corrected chi connectivity index (χ4v) is 3.10. The van der Waals surface area contributed by atoms with Gasteiger partial charge in [-0.05, 0) is 22.3 Å². The first kappa shape index (κ1) is 9.07. The van der Waals surface area contributed by atoms with E-state index in [1.165, 1.54) is 37.8 Å². The zero-order valence-corrected chi connectivity index (χ0v) is 9.74. The summed E-state index contributed by atoms with van der Waals surface area (Å²) in [4.78, 5) is 0. The lowest BCUT2D eigenvalue weighted by molar-refractivity contribution is 1.20. The van der Waals surface area contributed by atoms with E-state index in [1.54, 1.807) is 0 Å². The van der Waals surface area contributed by atoms with Gasteiger partial charge in [0.2, 0.25) is 0 Å². The molecule has 0 spiro atoms. The van der Waals surface area contributed by atoms with E-state index in [0.29, 0.717) is 0 Å². The molecule has 17 heavy (non-hydrogen) atoms. The van der Waals surface area contributed by atoms with Crippen molar-refractivity contribution < 1.29 is 0 Å². The summed E-state index contributed by atoms with van der Waals surface area (Å²) in [5, 5.41) is 9.23. The highest BCUT2D eigenvalue weighted by Crippen LogP contribution is 2.34. The molecule has 0 radical (unpaired) electrons. The van der Waals surface area contributed by atoms with Crippen molar-refractivity contribution in [2.45, 2.75) is 0 Å². The number of hydrogen-bond donors (Lipinski definition) is 0. The normalized spacial score (nSPS) is 11.5. The Bertz CT molecular complexity index is 779. The van der Waals surface area contributed by atoms with Crippen LogP contribution >= 0.6 is 11.5 Å². The quantitative estimate of drug-likeness (QED) is 0.431. The molecule has 80 valence electrons. The van der Waals surface area contributed by atoms with E-state index in [4.69, 9.17) is 0 Å². The molecular weight excluding hydrogens is 228 g/mol. The molecule has 3 aromatic carbocycles. The SMILES string of the molecule is c1ccc2c(c1)c1ccccc1c1snnc21. The van der Waals surface area contributed by atoms with Crippen molar-refractivity contribution in [1.29, 1.82) is 0 Å². The van der Waals surface area contributed by atoms with E-state index < -0.39 is 0 Å². The topological polar surface area (TPSA) is 25.8 Å².